The molecule has 2 heteroatoms. The highest BCUT2D eigenvalue weighted by molar-refractivity contribution is 5.28. The van der Waals surface area contributed by atoms with Gasteiger partial charge in [0.2, 0.25) is 0 Å². The molecular formula is C24H36F2. The van der Waals surface area contributed by atoms with E-state index >= 15 is 0 Å². The van der Waals surface area contributed by atoms with Gasteiger partial charge < -0.3 is 0 Å². The maximum atomic E-state index is 14.3. The molecule has 2 fully saturated rings. The Morgan fingerprint density at radius 1 is 0.808 bits per heavy atom. The van der Waals surface area contributed by atoms with Gasteiger partial charge in [-0.05, 0) is 80.2 Å². The topological polar surface area (TPSA) is 0 Å². The normalized spacial score (nSPS) is 29.7. The average molecular weight is 363 g/mol. The summed E-state index contributed by atoms with van der Waals surface area (Å²) in [5, 5.41) is 0. The molecule has 26 heavy (non-hydrogen) atoms. The highest BCUT2D eigenvalue weighted by atomic mass is 19.2. The molecular weight excluding hydrogens is 326 g/mol. The highest BCUT2D eigenvalue weighted by Crippen LogP contribution is 2.45. The standard InChI is InChI=1S/C24H36F2/c1-3-4-5-6-18-8-10-19(11-9-18)20-12-14-21(15-13-20)22-16-7-17(2)23(25)24(22)26/h7,16,18-21H,3-6,8-15H2,1-2H3. The summed E-state index contributed by atoms with van der Waals surface area (Å²) in [5.41, 5.74) is 1.03. The van der Waals surface area contributed by atoms with E-state index in [0.29, 0.717) is 11.1 Å². The first-order valence-corrected chi connectivity index (χ1v) is 11.0. The lowest BCUT2D eigenvalue weighted by atomic mass is 9.68. The first-order valence-electron chi connectivity index (χ1n) is 11.0. The van der Waals surface area contributed by atoms with Crippen molar-refractivity contribution < 1.29 is 8.78 Å². The van der Waals surface area contributed by atoms with Crippen molar-refractivity contribution in [1.29, 1.82) is 0 Å². The van der Waals surface area contributed by atoms with Gasteiger partial charge in [0.1, 0.15) is 0 Å². The Labute approximate surface area is 158 Å². The Morgan fingerprint density at radius 2 is 1.42 bits per heavy atom. The Kier molecular flexibility index (Phi) is 7.12. The Morgan fingerprint density at radius 3 is 2.04 bits per heavy atom. The molecule has 0 atom stereocenters. The molecule has 0 unspecified atom stereocenters. The molecule has 2 aliphatic rings. The summed E-state index contributed by atoms with van der Waals surface area (Å²) >= 11 is 0. The molecule has 0 heterocycles. The van der Waals surface area contributed by atoms with Crippen LogP contribution in [0.5, 0.6) is 0 Å². The summed E-state index contributed by atoms with van der Waals surface area (Å²) in [4.78, 5) is 0. The third-order valence-electron chi connectivity index (χ3n) is 7.29. The number of rotatable bonds is 6. The van der Waals surface area contributed by atoms with Crippen molar-refractivity contribution in [3.05, 3.63) is 34.9 Å². The molecule has 2 saturated carbocycles. The molecule has 0 N–H and O–H groups in total. The van der Waals surface area contributed by atoms with Gasteiger partial charge in [0.05, 0.1) is 0 Å². The third-order valence-corrected chi connectivity index (χ3v) is 7.29. The minimum absolute atomic E-state index is 0.215. The van der Waals surface area contributed by atoms with E-state index in [1.165, 1.54) is 64.2 Å². The van der Waals surface area contributed by atoms with Crippen LogP contribution >= 0.6 is 0 Å². The number of unbranched alkanes of at least 4 members (excludes halogenated alkanes) is 2. The van der Waals surface area contributed by atoms with E-state index in [1.54, 1.807) is 13.0 Å². The van der Waals surface area contributed by atoms with Crippen molar-refractivity contribution >= 4 is 0 Å². The van der Waals surface area contributed by atoms with Crippen LogP contribution in [0.2, 0.25) is 0 Å². The second-order valence-corrected chi connectivity index (χ2v) is 8.99. The van der Waals surface area contributed by atoms with Crippen LogP contribution in [0.1, 0.15) is 101 Å². The lowest BCUT2D eigenvalue weighted by Crippen LogP contribution is -2.25. The van der Waals surface area contributed by atoms with E-state index in [2.05, 4.69) is 6.92 Å². The lowest BCUT2D eigenvalue weighted by molar-refractivity contribution is 0.155. The van der Waals surface area contributed by atoms with Crippen molar-refractivity contribution in [2.24, 2.45) is 17.8 Å². The maximum absolute atomic E-state index is 14.3. The van der Waals surface area contributed by atoms with E-state index < -0.39 is 11.6 Å². The van der Waals surface area contributed by atoms with Crippen molar-refractivity contribution in [3.8, 4) is 0 Å². The largest absolute Gasteiger partial charge is 0.203 e. The zero-order valence-corrected chi connectivity index (χ0v) is 16.7. The summed E-state index contributed by atoms with van der Waals surface area (Å²) in [6.07, 6.45) is 15.7. The highest BCUT2D eigenvalue weighted by Gasteiger charge is 2.32. The molecule has 0 spiro atoms. The van der Waals surface area contributed by atoms with Gasteiger partial charge in [-0.1, -0.05) is 57.6 Å². The molecule has 0 saturated heterocycles. The van der Waals surface area contributed by atoms with Gasteiger partial charge in [-0.3, -0.25) is 0 Å². The first kappa shape index (κ1) is 19.8. The SMILES string of the molecule is CCCCCC1CCC(C2CCC(c3ccc(C)c(F)c3F)CC2)CC1. The van der Waals surface area contributed by atoms with Crippen LogP contribution in [0, 0.1) is 36.3 Å². The monoisotopic (exact) mass is 362 g/mol. The predicted molar refractivity (Wildman–Crippen MR) is 105 cm³/mol. The summed E-state index contributed by atoms with van der Waals surface area (Å²) in [6, 6.07) is 3.56. The van der Waals surface area contributed by atoms with Gasteiger partial charge in [0, 0.05) is 0 Å². The molecule has 1 aromatic carbocycles. The van der Waals surface area contributed by atoms with Gasteiger partial charge in [0.15, 0.2) is 11.6 Å². The smallest absolute Gasteiger partial charge is 0.162 e. The molecule has 0 nitrogen and oxygen atoms in total. The first-order chi connectivity index (χ1) is 12.6. The second-order valence-electron chi connectivity index (χ2n) is 8.99. The van der Waals surface area contributed by atoms with E-state index in [1.807, 2.05) is 6.07 Å². The summed E-state index contributed by atoms with van der Waals surface area (Å²) in [5.74, 6) is 1.65. The molecule has 0 aromatic heterocycles. The number of aryl methyl sites for hydroxylation is 1. The fourth-order valence-electron chi connectivity index (χ4n) is 5.51. The Hall–Kier alpha value is -0.920. The lowest BCUT2D eigenvalue weighted by Gasteiger charge is -2.38. The molecule has 2 aliphatic carbocycles. The Balaban J connectivity index is 1.47. The van der Waals surface area contributed by atoms with Crippen molar-refractivity contribution in [2.75, 3.05) is 0 Å². The van der Waals surface area contributed by atoms with Crippen LogP contribution in [0.3, 0.4) is 0 Å². The molecule has 0 aliphatic heterocycles. The van der Waals surface area contributed by atoms with Crippen LogP contribution in [0.25, 0.3) is 0 Å². The van der Waals surface area contributed by atoms with Gasteiger partial charge in [-0.15, -0.1) is 0 Å². The van der Waals surface area contributed by atoms with E-state index in [0.717, 1.165) is 30.6 Å². The fraction of sp³-hybridized carbons (Fsp3) is 0.750. The second kappa shape index (κ2) is 9.33. The van der Waals surface area contributed by atoms with Gasteiger partial charge in [0.25, 0.3) is 0 Å². The molecule has 146 valence electrons. The quantitative estimate of drug-likeness (QED) is 0.451. The fourth-order valence-corrected chi connectivity index (χ4v) is 5.51. The van der Waals surface area contributed by atoms with Crippen molar-refractivity contribution in [1.82, 2.24) is 0 Å². The van der Waals surface area contributed by atoms with E-state index in [-0.39, 0.29) is 5.92 Å². The zero-order valence-electron chi connectivity index (χ0n) is 16.7. The van der Waals surface area contributed by atoms with Crippen LogP contribution in [-0.2, 0) is 0 Å². The Bertz CT molecular complexity index is 564. The van der Waals surface area contributed by atoms with Gasteiger partial charge >= 0.3 is 0 Å². The van der Waals surface area contributed by atoms with Crippen LogP contribution < -0.4 is 0 Å². The van der Waals surface area contributed by atoms with E-state index in [9.17, 15) is 8.78 Å². The van der Waals surface area contributed by atoms with Gasteiger partial charge in [-0.25, -0.2) is 8.78 Å². The number of halogens is 2. The molecule has 0 amide bonds. The molecule has 1 aromatic rings. The summed E-state index contributed by atoms with van der Waals surface area (Å²) in [6.45, 7) is 3.92. The molecule has 0 bridgehead atoms. The van der Waals surface area contributed by atoms with Gasteiger partial charge in [-0.2, -0.15) is 0 Å². The number of hydrogen-bond donors (Lipinski definition) is 0. The minimum Gasteiger partial charge on any atom is -0.203 e. The van der Waals surface area contributed by atoms with Crippen molar-refractivity contribution in [2.45, 2.75) is 96.8 Å². The van der Waals surface area contributed by atoms with Crippen LogP contribution in [0.4, 0.5) is 8.78 Å². The minimum atomic E-state index is -0.647. The number of benzene rings is 1. The molecule has 3 rings (SSSR count). The average Bonchev–Trinajstić information content (AvgIpc) is 2.67. The van der Waals surface area contributed by atoms with Crippen LogP contribution in [0.15, 0.2) is 12.1 Å². The maximum Gasteiger partial charge on any atom is 0.162 e. The van der Waals surface area contributed by atoms with E-state index in [4.69, 9.17) is 0 Å². The van der Waals surface area contributed by atoms with Crippen LogP contribution in [-0.4, -0.2) is 0 Å². The van der Waals surface area contributed by atoms with Crippen molar-refractivity contribution in [3.63, 3.8) is 0 Å². The third kappa shape index (κ3) is 4.67. The number of hydrogen-bond acceptors (Lipinski definition) is 0. The summed E-state index contributed by atoms with van der Waals surface area (Å²) in [7, 11) is 0. The molecule has 0 radical (unpaired) electrons. The summed E-state index contributed by atoms with van der Waals surface area (Å²) < 4.78 is 28.2. The zero-order chi connectivity index (χ0) is 18.5. The predicted octanol–water partition coefficient (Wildman–Crippen LogP) is 7.93.